The zero-order valence-electron chi connectivity index (χ0n) is 12.8. The minimum atomic E-state index is 0.220. The minimum Gasteiger partial charge on any atom is -0.303 e. The first-order valence-electron chi connectivity index (χ1n) is 7.50. The average molecular weight is 281 g/mol. The van der Waals surface area contributed by atoms with Crippen molar-refractivity contribution in [1.82, 2.24) is 4.90 Å². The molecule has 0 spiro atoms. The normalized spacial score (nSPS) is 13.9. The summed E-state index contributed by atoms with van der Waals surface area (Å²) in [4.78, 5) is 13.3. The van der Waals surface area contributed by atoms with Gasteiger partial charge in [0, 0.05) is 25.0 Å². The van der Waals surface area contributed by atoms with E-state index in [0.29, 0.717) is 6.42 Å². The van der Waals surface area contributed by atoms with Gasteiger partial charge >= 0.3 is 0 Å². The molecule has 0 aliphatic rings. The Morgan fingerprint density at radius 3 is 2.10 bits per heavy atom. The third kappa shape index (κ3) is 4.27. The highest BCUT2D eigenvalue weighted by molar-refractivity contribution is 5.50. The minimum absolute atomic E-state index is 0.220. The SMILES string of the molecule is C[C@@H](CC=O)N(Cc1ccccc1)[C@@H](C)c1ccccc1. The van der Waals surface area contributed by atoms with Gasteiger partial charge in [0.05, 0.1) is 0 Å². The predicted molar refractivity (Wildman–Crippen MR) is 87.0 cm³/mol. The molecule has 2 nitrogen and oxygen atoms in total. The highest BCUT2D eigenvalue weighted by Crippen LogP contribution is 2.25. The Hall–Kier alpha value is -1.93. The van der Waals surface area contributed by atoms with Crippen LogP contribution in [-0.4, -0.2) is 17.2 Å². The largest absolute Gasteiger partial charge is 0.303 e. The zero-order chi connectivity index (χ0) is 15.1. The van der Waals surface area contributed by atoms with Crippen molar-refractivity contribution in [3.63, 3.8) is 0 Å². The van der Waals surface area contributed by atoms with Crippen LogP contribution in [0.2, 0.25) is 0 Å². The Balaban J connectivity index is 2.21. The van der Waals surface area contributed by atoms with Crippen molar-refractivity contribution in [2.75, 3.05) is 0 Å². The molecule has 0 N–H and O–H groups in total. The second kappa shape index (κ2) is 7.75. The van der Waals surface area contributed by atoms with E-state index in [2.05, 4.69) is 67.3 Å². The summed E-state index contributed by atoms with van der Waals surface area (Å²) in [6.45, 7) is 5.18. The van der Waals surface area contributed by atoms with Gasteiger partial charge in [-0.3, -0.25) is 4.90 Å². The van der Waals surface area contributed by atoms with Crippen molar-refractivity contribution in [2.45, 2.75) is 38.9 Å². The van der Waals surface area contributed by atoms with Gasteiger partial charge in [-0.05, 0) is 25.0 Å². The van der Waals surface area contributed by atoms with Crippen molar-refractivity contribution in [2.24, 2.45) is 0 Å². The van der Waals surface area contributed by atoms with Crippen LogP contribution in [0.4, 0.5) is 0 Å². The summed E-state index contributed by atoms with van der Waals surface area (Å²) in [6.07, 6.45) is 1.57. The van der Waals surface area contributed by atoms with Crippen LogP contribution in [0.1, 0.15) is 37.4 Å². The lowest BCUT2D eigenvalue weighted by Crippen LogP contribution is -2.35. The molecule has 0 fully saturated rings. The molecular weight excluding hydrogens is 258 g/mol. The molecule has 0 aliphatic carbocycles. The fourth-order valence-electron chi connectivity index (χ4n) is 2.67. The van der Waals surface area contributed by atoms with Gasteiger partial charge < -0.3 is 4.79 Å². The first-order valence-corrected chi connectivity index (χ1v) is 7.50. The van der Waals surface area contributed by atoms with E-state index in [0.717, 1.165) is 12.8 Å². The molecule has 0 saturated carbocycles. The molecule has 2 heteroatoms. The monoisotopic (exact) mass is 281 g/mol. The van der Waals surface area contributed by atoms with Gasteiger partial charge in [0.15, 0.2) is 0 Å². The first-order chi connectivity index (χ1) is 10.2. The molecule has 0 aromatic heterocycles. The maximum absolute atomic E-state index is 10.9. The number of carbonyl (C=O) groups excluding carboxylic acids is 1. The standard InChI is InChI=1S/C19H23NO/c1-16(13-14-21)20(15-18-9-5-3-6-10-18)17(2)19-11-7-4-8-12-19/h3-12,14,16-17H,13,15H2,1-2H3/t16-,17-/m0/s1. The van der Waals surface area contributed by atoms with E-state index < -0.39 is 0 Å². The van der Waals surface area contributed by atoms with Crippen molar-refractivity contribution in [1.29, 1.82) is 0 Å². The van der Waals surface area contributed by atoms with Crippen LogP contribution < -0.4 is 0 Å². The molecule has 2 atom stereocenters. The Labute approximate surface area is 127 Å². The van der Waals surface area contributed by atoms with E-state index in [1.807, 2.05) is 12.1 Å². The Kier molecular flexibility index (Phi) is 5.70. The molecule has 2 aromatic rings. The highest BCUT2D eigenvalue weighted by Gasteiger charge is 2.21. The van der Waals surface area contributed by atoms with E-state index in [1.54, 1.807) is 0 Å². The van der Waals surface area contributed by atoms with Gasteiger partial charge in [-0.15, -0.1) is 0 Å². The van der Waals surface area contributed by atoms with Crippen molar-refractivity contribution < 1.29 is 4.79 Å². The van der Waals surface area contributed by atoms with Gasteiger partial charge in [-0.25, -0.2) is 0 Å². The summed E-state index contributed by atoms with van der Waals surface area (Å²) in [5, 5.41) is 0. The fraction of sp³-hybridized carbons (Fsp3) is 0.316. The van der Waals surface area contributed by atoms with Gasteiger partial charge in [-0.2, -0.15) is 0 Å². The Morgan fingerprint density at radius 2 is 1.52 bits per heavy atom. The first kappa shape index (κ1) is 15.5. The molecule has 0 amide bonds. The van der Waals surface area contributed by atoms with E-state index in [9.17, 15) is 4.79 Å². The van der Waals surface area contributed by atoms with Gasteiger partial charge in [0.25, 0.3) is 0 Å². The maximum atomic E-state index is 10.9. The van der Waals surface area contributed by atoms with E-state index in [-0.39, 0.29) is 12.1 Å². The average Bonchev–Trinajstić information content (AvgIpc) is 2.54. The summed E-state index contributed by atoms with van der Waals surface area (Å²) in [5.74, 6) is 0. The smallest absolute Gasteiger partial charge is 0.121 e. The number of hydrogen-bond donors (Lipinski definition) is 0. The fourth-order valence-corrected chi connectivity index (χ4v) is 2.67. The van der Waals surface area contributed by atoms with Crippen LogP contribution in [0.3, 0.4) is 0 Å². The van der Waals surface area contributed by atoms with Crippen LogP contribution in [0.15, 0.2) is 60.7 Å². The van der Waals surface area contributed by atoms with Crippen LogP contribution in [0, 0.1) is 0 Å². The molecule has 0 unspecified atom stereocenters. The van der Waals surface area contributed by atoms with Crippen LogP contribution in [0.5, 0.6) is 0 Å². The molecule has 21 heavy (non-hydrogen) atoms. The molecular formula is C19H23NO. The molecule has 2 aromatic carbocycles. The number of aldehydes is 1. The van der Waals surface area contributed by atoms with Crippen LogP contribution in [-0.2, 0) is 11.3 Å². The maximum Gasteiger partial charge on any atom is 0.121 e. The summed E-state index contributed by atoms with van der Waals surface area (Å²) in [6, 6.07) is 21.4. The third-order valence-corrected chi connectivity index (χ3v) is 3.99. The van der Waals surface area contributed by atoms with E-state index in [4.69, 9.17) is 0 Å². The van der Waals surface area contributed by atoms with Gasteiger partial charge in [-0.1, -0.05) is 60.7 Å². The zero-order valence-corrected chi connectivity index (χ0v) is 12.8. The molecule has 0 aliphatic heterocycles. The van der Waals surface area contributed by atoms with E-state index in [1.165, 1.54) is 11.1 Å². The number of carbonyl (C=O) groups is 1. The van der Waals surface area contributed by atoms with Crippen molar-refractivity contribution in [3.8, 4) is 0 Å². The number of hydrogen-bond acceptors (Lipinski definition) is 2. The van der Waals surface area contributed by atoms with Crippen LogP contribution >= 0.6 is 0 Å². The molecule has 110 valence electrons. The quantitative estimate of drug-likeness (QED) is 0.708. The summed E-state index contributed by atoms with van der Waals surface area (Å²) >= 11 is 0. The lowest BCUT2D eigenvalue weighted by atomic mass is 10.0. The lowest BCUT2D eigenvalue weighted by molar-refractivity contribution is -0.109. The second-order valence-corrected chi connectivity index (χ2v) is 5.50. The Bertz CT molecular complexity index is 538. The predicted octanol–water partition coefficient (Wildman–Crippen LogP) is 4.23. The number of nitrogens with zero attached hydrogens (tertiary/aromatic N) is 1. The van der Waals surface area contributed by atoms with Gasteiger partial charge in [0.1, 0.15) is 6.29 Å². The summed E-state index contributed by atoms with van der Waals surface area (Å²) < 4.78 is 0. The van der Waals surface area contributed by atoms with Gasteiger partial charge in [0.2, 0.25) is 0 Å². The third-order valence-electron chi connectivity index (χ3n) is 3.99. The highest BCUT2D eigenvalue weighted by atomic mass is 16.1. The van der Waals surface area contributed by atoms with E-state index >= 15 is 0 Å². The molecule has 0 bridgehead atoms. The number of rotatable bonds is 7. The number of benzene rings is 2. The summed E-state index contributed by atoms with van der Waals surface area (Å²) in [7, 11) is 0. The lowest BCUT2D eigenvalue weighted by Gasteiger charge is -2.34. The Morgan fingerprint density at radius 1 is 0.952 bits per heavy atom. The topological polar surface area (TPSA) is 20.3 Å². The van der Waals surface area contributed by atoms with Crippen molar-refractivity contribution in [3.05, 3.63) is 71.8 Å². The second-order valence-electron chi connectivity index (χ2n) is 5.50. The molecule has 2 rings (SSSR count). The molecule has 0 heterocycles. The molecule has 0 radical (unpaired) electrons. The molecule has 0 saturated heterocycles. The summed E-state index contributed by atoms with van der Waals surface area (Å²) in [5.41, 5.74) is 2.56. The van der Waals surface area contributed by atoms with Crippen molar-refractivity contribution >= 4 is 6.29 Å². The van der Waals surface area contributed by atoms with Crippen LogP contribution in [0.25, 0.3) is 0 Å².